The zero-order chi connectivity index (χ0) is 9.94. The number of carbonyl (C=O) groups excluding carboxylic acids is 1. The van der Waals surface area contributed by atoms with Gasteiger partial charge in [0.1, 0.15) is 0 Å². The molecule has 0 bridgehead atoms. The van der Waals surface area contributed by atoms with Gasteiger partial charge < -0.3 is 5.73 Å². The molecule has 0 aromatic rings. The van der Waals surface area contributed by atoms with Gasteiger partial charge in [0, 0.05) is 6.42 Å². The number of hydrogen-bond acceptors (Lipinski definition) is 1. The van der Waals surface area contributed by atoms with Gasteiger partial charge in [0.25, 0.3) is 5.91 Å². The van der Waals surface area contributed by atoms with Crippen LogP contribution < -0.4 is 5.73 Å². The maximum atomic E-state index is 10.2. The van der Waals surface area contributed by atoms with Gasteiger partial charge in [-0.1, -0.05) is 44.9 Å². The molecule has 0 radical (unpaired) electrons. The van der Waals surface area contributed by atoms with Crippen molar-refractivity contribution in [1.82, 2.24) is 0 Å². The number of unbranched alkanes of at least 4 members (excludes halogenated alkanes) is 6. The van der Waals surface area contributed by atoms with Crippen LogP contribution in [0.1, 0.15) is 51.9 Å². The maximum absolute atomic E-state index is 10.2. The lowest BCUT2D eigenvalue weighted by Gasteiger charge is -1.96. The third kappa shape index (κ3) is 11.0. The number of rotatable bonds is 6. The second-order valence-corrected chi connectivity index (χ2v) is 3.18. The molecule has 74 valence electrons. The predicted octanol–water partition coefficient (Wildman–Crippen LogP) is 2.23. The van der Waals surface area contributed by atoms with E-state index in [1.807, 2.05) is 0 Å². The topological polar surface area (TPSA) is 43.1 Å². The summed E-state index contributed by atoms with van der Waals surface area (Å²) in [4.78, 5) is 10.2. The number of hydrogen-bond donors (Lipinski definition) is 1. The summed E-state index contributed by atoms with van der Waals surface area (Å²) in [5.41, 5.74) is 4.86. The molecule has 0 rings (SSSR count). The minimum Gasteiger partial charge on any atom is -0.359 e. The molecular weight excluding hydrogens is 162 g/mol. The van der Waals surface area contributed by atoms with Crippen molar-refractivity contribution < 1.29 is 4.79 Å². The molecule has 0 heterocycles. The Kier molecular flexibility index (Phi) is 8.44. The van der Waals surface area contributed by atoms with Crippen LogP contribution >= 0.6 is 0 Å². The molecule has 0 saturated carbocycles. The van der Waals surface area contributed by atoms with Gasteiger partial charge in [-0.15, -0.1) is 0 Å². The van der Waals surface area contributed by atoms with E-state index in [0.717, 1.165) is 12.8 Å². The lowest BCUT2D eigenvalue weighted by Crippen LogP contribution is -2.05. The van der Waals surface area contributed by atoms with Crippen LogP contribution in [0.2, 0.25) is 0 Å². The lowest BCUT2D eigenvalue weighted by atomic mass is 10.1. The molecular formula is C11H19NO. The molecule has 2 N–H and O–H groups in total. The first-order valence-corrected chi connectivity index (χ1v) is 5.05. The van der Waals surface area contributed by atoms with E-state index in [1.54, 1.807) is 0 Å². The Hall–Kier alpha value is -0.970. The third-order valence-electron chi connectivity index (χ3n) is 1.87. The van der Waals surface area contributed by atoms with Crippen molar-refractivity contribution in [3.63, 3.8) is 0 Å². The second-order valence-electron chi connectivity index (χ2n) is 3.18. The van der Waals surface area contributed by atoms with E-state index in [-0.39, 0.29) is 0 Å². The standard InChI is InChI=1S/C11H19NO/c1-2-3-4-5-6-7-8-9-10-11(12)13/h2-8H2,1H3,(H2,12,13). The first kappa shape index (κ1) is 12.0. The first-order valence-electron chi connectivity index (χ1n) is 5.05. The Morgan fingerprint density at radius 3 is 2.38 bits per heavy atom. The molecule has 0 atom stereocenters. The normalized spacial score (nSPS) is 9.00. The quantitative estimate of drug-likeness (QED) is 0.495. The largest absolute Gasteiger partial charge is 0.359 e. The number of nitrogens with two attached hydrogens (primary N) is 1. The van der Waals surface area contributed by atoms with Gasteiger partial charge in [-0.2, -0.15) is 0 Å². The molecule has 0 aromatic heterocycles. The van der Waals surface area contributed by atoms with Gasteiger partial charge in [0.2, 0.25) is 0 Å². The average molecular weight is 181 g/mol. The first-order chi connectivity index (χ1) is 6.27. The summed E-state index contributed by atoms with van der Waals surface area (Å²) >= 11 is 0. The Balaban J connectivity index is 3.09. The summed E-state index contributed by atoms with van der Waals surface area (Å²) in [6.07, 6.45) is 8.31. The summed E-state index contributed by atoms with van der Waals surface area (Å²) in [6.45, 7) is 2.21. The van der Waals surface area contributed by atoms with E-state index >= 15 is 0 Å². The summed E-state index contributed by atoms with van der Waals surface area (Å²) in [7, 11) is 0. The molecule has 13 heavy (non-hydrogen) atoms. The van der Waals surface area contributed by atoms with E-state index in [4.69, 9.17) is 5.73 Å². The maximum Gasteiger partial charge on any atom is 0.293 e. The zero-order valence-electron chi connectivity index (χ0n) is 8.44. The van der Waals surface area contributed by atoms with Crippen LogP contribution in [0, 0.1) is 11.8 Å². The Bertz CT molecular complexity index is 188. The highest BCUT2D eigenvalue weighted by Crippen LogP contribution is 2.05. The van der Waals surface area contributed by atoms with Crippen molar-refractivity contribution in [3.05, 3.63) is 0 Å². The molecule has 2 heteroatoms. The fourth-order valence-corrected chi connectivity index (χ4v) is 1.14. The summed E-state index contributed by atoms with van der Waals surface area (Å²) in [5, 5.41) is 0. The molecule has 0 aliphatic heterocycles. The van der Waals surface area contributed by atoms with Crippen LogP contribution in [0.5, 0.6) is 0 Å². The minimum atomic E-state index is -0.522. The molecule has 0 saturated heterocycles. The molecule has 0 unspecified atom stereocenters. The SMILES string of the molecule is CCCCCCCCC#CC(N)=O. The van der Waals surface area contributed by atoms with E-state index < -0.39 is 5.91 Å². The summed E-state index contributed by atoms with van der Waals surface area (Å²) in [5.74, 6) is 4.57. The van der Waals surface area contributed by atoms with Crippen molar-refractivity contribution in [1.29, 1.82) is 0 Å². The van der Waals surface area contributed by atoms with E-state index in [2.05, 4.69) is 18.8 Å². The van der Waals surface area contributed by atoms with Crippen LogP contribution in [0.4, 0.5) is 0 Å². The Labute approximate surface area is 80.9 Å². The van der Waals surface area contributed by atoms with Crippen LogP contribution in [-0.2, 0) is 4.79 Å². The van der Waals surface area contributed by atoms with Crippen molar-refractivity contribution >= 4 is 5.91 Å². The third-order valence-corrected chi connectivity index (χ3v) is 1.87. The summed E-state index contributed by atoms with van der Waals surface area (Å²) in [6, 6.07) is 0. The van der Waals surface area contributed by atoms with Crippen molar-refractivity contribution in [2.24, 2.45) is 5.73 Å². The van der Waals surface area contributed by atoms with Crippen LogP contribution in [0.3, 0.4) is 0 Å². The van der Waals surface area contributed by atoms with Crippen molar-refractivity contribution in [2.45, 2.75) is 51.9 Å². The van der Waals surface area contributed by atoms with Gasteiger partial charge in [-0.05, 0) is 12.3 Å². The molecule has 1 amide bonds. The van der Waals surface area contributed by atoms with Crippen LogP contribution in [0.25, 0.3) is 0 Å². The highest BCUT2D eigenvalue weighted by atomic mass is 16.1. The van der Waals surface area contributed by atoms with E-state index in [9.17, 15) is 4.79 Å². The van der Waals surface area contributed by atoms with Gasteiger partial charge in [0.15, 0.2) is 0 Å². The summed E-state index contributed by atoms with van der Waals surface area (Å²) < 4.78 is 0. The van der Waals surface area contributed by atoms with Crippen LogP contribution in [0.15, 0.2) is 0 Å². The molecule has 2 nitrogen and oxygen atoms in total. The van der Waals surface area contributed by atoms with Crippen molar-refractivity contribution in [3.8, 4) is 11.8 Å². The zero-order valence-corrected chi connectivity index (χ0v) is 8.44. The predicted molar refractivity (Wildman–Crippen MR) is 55.0 cm³/mol. The van der Waals surface area contributed by atoms with Crippen molar-refractivity contribution in [2.75, 3.05) is 0 Å². The van der Waals surface area contributed by atoms with Crippen LogP contribution in [-0.4, -0.2) is 5.91 Å². The van der Waals surface area contributed by atoms with E-state index in [1.165, 1.54) is 32.1 Å². The number of primary amides is 1. The fourth-order valence-electron chi connectivity index (χ4n) is 1.14. The highest BCUT2D eigenvalue weighted by molar-refractivity contribution is 5.91. The number of carbonyl (C=O) groups is 1. The molecule has 0 aliphatic carbocycles. The van der Waals surface area contributed by atoms with E-state index in [0.29, 0.717) is 0 Å². The molecule has 0 aromatic carbocycles. The molecule has 0 aliphatic rings. The van der Waals surface area contributed by atoms with Gasteiger partial charge in [0.05, 0.1) is 0 Å². The molecule has 0 fully saturated rings. The lowest BCUT2D eigenvalue weighted by molar-refractivity contribution is -0.112. The van der Waals surface area contributed by atoms with Gasteiger partial charge >= 0.3 is 0 Å². The highest BCUT2D eigenvalue weighted by Gasteiger charge is 1.88. The number of amides is 1. The minimum absolute atomic E-state index is 0.522. The Morgan fingerprint density at radius 1 is 1.15 bits per heavy atom. The smallest absolute Gasteiger partial charge is 0.293 e. The van der Waals surface area contributed by atoms with Gasteiger partial charge in [-0.3, -0.25) is 4.79 Å². The Morgan fingerprint density at radius 2 is 1.77 bits per heavy atom. The second kappa shape index (κ2) is 9.12. The fraction of sp³-hybridized carbons (Fsp3) is 0.727. The molecule has 0 spiro atoms. The van der Waals surface area contributed by atoms with Gasteiger partial charge in [-0.25, -0.2) is 0 Å². The monoisotopic (exact) mass is 181 g/mol. The average Bonchev–Trinajstić information content (AvgIpc) is 2.09.